The van der Waals surface area contributed by atoms with E-state index in [1.807, 2.05) is 0 Å². The van der Waals surface area contributed by atoms with Gasteiger partial charge in [-0.3, -0.25) is 14.1 Å². The highest BCUT2D eigenvalue weighted by atomic mass is 31.2. The van der Waals surface area contributed by atoms with Crippen molar-refractivity contribution in [3.05, 3.63) is 72.9 Å². The van der Waals surface area contributed by atoms with E-state index in [0.717, 1.165) is 70.6 Å². The molecule has 0 bridgehead atoms. The lowest BCUT2D eigenvalue weighted by Crippen LogP contribution is -2.29. The monoisotopic (exact) mass is 766 g/mol. The minimum atomic E-state index is -4.86. The number of rotatable bonds is 30. The van der Waals surface area contributed by atoms with Gasteiger partial charge in [0, 0.05) is 18.8 Å². The fraction of sp³-hybridized carbons (Fsp3) is 0.659. The maximum Gasteiger partial charge on any atom is 0.469 e. The van der Waals surface area contributed by atoms with Gasteiger partial charge in [-0.15, -0.1) is 0 Å². The van der Waals surface area contributed by atoms with Crippen LogP contribution in [-0.4, -0.2) is 74.7 Å². The number of esters is 2. The van der Waals surface area contributed by atoms with Gasteiger partial charge < -0.3 is 34.6 Å². The fourth-order valence-electron chi connectivity index (χ4n) is 5.87. The van der Waals surface area contributed by atoms with Crippen molar-refractivity contribution in [3.63, 3.8) is 0 Å². The molecule has 0 unspecified atom stereocenters. The third-order valence-electron chi connectivity index (χ3n) is 8.81. The molecule has 1 aliphatic rings. The largest absolute Gasteiger partial charge is 0.469 e. The van der Waals surface area contributed by atoms with Crippen LogP contribution in [0, 0.1) is 11.8 Å². The molecule has 0 aromatic carbocycles. The third kappa shape index (κ3) is 26.7. The molecule has 0 aliphatic heterocycles. The topological polar surface area (TPSA) is 180 Å². The van der Waals surface area contributed by atoms with E-state index < -0.39 is 57.4 Å². The highest BCUT2D eigenvalue weighted by Gasteiger charge is 2.39. The average Bonchev–Trinajstić information content (AvgIpc) is 3.38. The molecule has 1 fully saturated rings. The molecule has 1 aliphatic carbocycles. The second-order valence-electron chi connectivity index (χ2n) is 13.5. The van der Waals surface area contributed by atoms with E-state index in [4.69, 9.17) is 19.3 Å². The predicted molar refractivity (Wildman–Crippen MR) is 209 cm³/mol. The highest BCUT2D eigenvalue weighted by Crippen LogP contribution is 2.37. The van der Waals surface area contributed by atoms with Crippen LogP contribution in [0.25, 0.3) is 0 Å². The summed E-state index contributed by atoms with van der Waals surface area (Å²) in [6.07, 6.45) is 33.2. The number of ether oxygens (including phenoxy) is 2. The van der Waals surface area contributed by atoms with Gasteiger partial charge in [-0.2, -0.15) is 0 Å². The Morgan fingerprint density at radius 1 is 0.774 bits per heavy atom. The molecule has 0 spiro atoms. The predicted octanol–water partition coefficient (Wildman–Crippen LogP) is 7.89. The molecule has 11 nitrogen and oxygen atoms in total. The van der Waals surface area contributed by atoms with Crippen molar-refractivity contribution in [3.8, 4) is 0 Å². The van der Waals surface area contributed by atoms with Crippen molar-refractivity contribution in [1.29, 1.82) is 0 Å². The molecule has 0 amide bonds. The number of phosphoric acid groups is 1. The van der Waals surface area contributed by atoms with Crippen LogP contribution < -0.4 is 0 Å². The summed E-state index contributed by atoms with van der Waals surface area (Å²) in [4.78, 5) is 43.0. The molecule has 0 heterocycles. The molecular formula is C41H67O11P. The summed E-state index contributed by atoms with van der Waals surface area (Å²) in [5, 5.41) is 31.2. The molecule has 0 aromatic heterocycles. The van der Waals surface area contributed by atoms with Crippen LogP contribution in [-0.2, 0) is 28.2 Å². The van der Waals surface area contributed by atoms with Crippen LogP contribution in [0.15, 0.2) is 72.9 Å². The van der Waals surface area contributed by atoms with Crippen LogP contribution in [0.5, 0.6) is 0 Å². The lowest BCUT2D eigenvalue weighted by molar-refractivity contribution is -0.160. The number of carbonyl (C=O) groups excluding carboxylic acids is 2. The fourth-order valence-corrected chi connectivity index (χ4v) is 6.23. The molecule has 53 heavy (non-hydrogen) atoms. The maximum atomic E-state index is 12.5. The minimum Gasteiger partial charge on any atom is -0.462 e. The summed E-state index contributed by atoms with van der Waals surface area (Å²) in [6.45, 7) is 3.14. The van der Waals surface area contributed by atoms with Crippen molar-refractivity contribution in [2.45, 2.75) is 147 Å². The molecule has 0 radical (unpaired) electrons. The van der Waals surface area contributed by atoms with Gasteiger partial charge >= 0.3 is 19.8 Å². The van der Waals surface area contributed by atoms with Crippen molar-refractivity contribution < 1.29 is 53.3 Å². The number of allylic oxidation sites excluding steroid dienone is 9. The number of carbonyl (C=O) groups is 2. The van der Waals surface area contributed by atoms with Crippen molar-refractivity contribution in [2.75, 3.05) is 13.2 Å². The Labute approximate surface area is 317 Å². The van der Waals surface area contributed by atoms with E-state index in [1.165, 1.54) is 0 Å². The van der Waals surface area contributed by atoms with Gasteiger partial charge in [0.05, 0.1) is 31.3 Å². The van der Waals surface area contributed by atoms with Gasteiger partial charge in [0.25, 0.3) is 0 Å². The standard InChI is InChI=1S/C41H67O11P/c1-3-5-7-8-9-10-11-12-13-14-15-16-17-18-19-20-22-27-40(45)50-32-35(33-51-53(47,48)49)52-41(46)28-24-23-26-36-37(39(44)31-38(36)43)30-29-34(42)25-21-6-4-2/h5,7,9-10,12-13,15-16,23-24,29-30,34-39,42-44H,3-4,6,8,11,14,17-22,25-28,31-33H2,1-2H3,(H2,47,48,49)/b7-5-,10-9-,13-12-,16-15-,24-23-,30-29+/t34-,35-,36+,37-,38+,39-/m1/s1. The van der Waals surface area contributed by atoms with Gasteiger partial charge in [-0.1, -0.05) is 119 Å². The molecule has 5 N–H and O–H groups in total. The Morgan fingerprint density at radius 2 is 1.43 bits per heavy atom. The van der Waals surface area contributed by atoms with Gasteiger partial charge in [-0.25, -0.2) is 4.57 Å². The molecule has 6 atom stereocenters. The Hall–Kier alpha value is -2.63. The van der Waals surface area contributed by atoms with Gasteiger partial charge in [0.15, 0.2) is 6.10 Å². The van der Waals surface area contributed by atoms with Gasteiger partial charge in [0.2, 0.25) is 0 Å². The quantitative estimate of drug-likeness (QED) is 0.0208. The summed E-state index contributed by atoms with van der Waals surface area (Å²) in [7, 11) is -4.86. The van der Waals surface area contributed by atoms with Gasteiger partial charge in [-0.05, 0) is 63.7 Å². The number of aliphatic hydroxyl groups excluding tert-OH is 3. The Kier molecular flexibility index (Phi) is 28.0. The second kappa shape index (κ2) is 30.7. The van der Waals surface area contributed by atoms with E-state index in [0.29, 0.717) is 19.3 Å². The van der Waals surface area contributed by atoms with E-state index in [2.05, 4.69) is 67.0 Å². The van der Waals surface area contributed by atoms with Crippen molar-refractivity contribution in [2.24, 2.45) is 11.8 Å². The lowest BCUT2D eigenvalue weighted by atomic mass is 9.89. The molecular weight excluding hydrogens is 699 g/mol. The molecule has 1 rings (SSSR count). The van der Waals surface area contributed by atoms with E-state index in [-0.39, 0.29) is 31.1 Å². The molecule has 302 valence electrons. The normalized spacial score (nSPS) is 21.0. The van der Waals surface area contributed by atoms with Crippen molar-refractivity contribution >= 4 is 19.8 Å². The van der Waals surface area contributed by atoms with Crippen LogP contribution in [0.2, 0.25) is 0 Å². The number of hydrogen-bond acceptors (Lipinski definition) is 9. The zero-order chi connectivity index (χ0) is 39.2. The smallest absolute Gasteiger partial charge is 0.462 e. The molecule has 0 aromatic rings. The summed E-state index contributed by atoms with van der Waals surface area (Å²) < 4.78 is 26.3. The van der Waals surface area contributed by atoms with Gasteiger partial charge in [0.1, 0.15) is 6.61 Å². The highest BCUT2D eigenvalue weighted by molar-refractivity contribution is 7.46. The first-order valence-electron chi connectivity index (χ1n) is 19.5. The molecule has 12 heteroatoms. The Balaban J connectivity index is 2.39. The zero-order valence-electron chi connectivity index (χ0n) is 32.0. The van der Waals surface area contributed by atoms with Crippen molar-refractivity contribution in [1.82, 2.24) is 0 Å². The Bertz CT molecular complexity index is 1200. The number of hydrogen-bond donors (Lipinski definition) is 5. The molecule has 1 saturated carbocycles. The third-order valence-corrected chi connectivity index (χ3v) is 9.30. The number of unbranched alkanes of at least 4 members (excludes halogenated alkanes) is 6. The number of aliphatic hydroxyl groups is 3. The van der Waals surface area contributed by atoms with E-state index in [9.17, 15) is 29.5 Å². The molecule has 0 saturated heterocycles. The van der Waals surface area contributed by atoms with Crippen LogP contribution in [0.1, 0.15) is 123 Å². The first kappa shape index (κ1) is 48.4. The first-order valence-corrected chi connectivity index (χ1v) is 21.0. The van der Waals surface area contributed by atoms with Crippen LogP contribution in [0.3, 0.4) is 0 Å². The summed E-state index contributed by atoms with van der Waals surface area (Å²) in [5.74, 6) is -1.87. The van der Waals surface area contributed by atoms with E-state index in [1.54, 1.807) is 24.3 Å². The van der Waals surface area contributed by atoms with Crippen LogP contribution >= 0.6 is 7.82 Å². The van der Waals surface area contributed by atoms with Crippen LogP contribution in [0.4, 0.5) is 0 Å². The summed E-state index contributed by atoms with van der Waals surface area (Å²) in [5.41, 5.74) is 0. The second-order valence-corrected chi connectivity index (χ2v) is 14.7. The SMILES string of the molecule is CC/C=C\C/C=C\C/C=C\C/C=C\CCCCCCC(=O)OC[C@H](COP(=O)(O)O)OC(=O)C/C=C\C[C@H]1[C@@H](/C=C/[C@H](O)CCCCC)[C@H](O)C[C@@H]1O. The zero-order valence-corrected chi connectivity index (χ0v) is 32.9. The average molecular weight is 767 g/mol. The minimum absolute atomic E-state index is 0.169. The Morgan fingerprint density at radius 3 is 2.09 bits per heavy atom. The number of phosphoric ester groups is 1. The first-order chi connectivity index (χ1) is 25.5. The summed E-state index contributed by atoms with van der Waals surface area (Å²) in [6, 6.07) is 0. The summed E-state index contributed by atoms with van der Waals surface area (Å²) >= 11 is 0. The van der Waals surface area contributed by atoms with E-state index >= 15 is 0 Å². The maximum absolute atomic E-state index is 12.5. The lowest BCUT2D eigenvalue weighted by Gasteiger charge is -2.20.